The Morgan fingerprint density at radius 2 is 1.88 bits per heavy atom. The lowest BCUT2D eigenvalue weighted by Crippen LogP contribution is -2.42. The molecule has 3 rings (SSSR count). The fourth-order valence-electron chi connectivity index (χ4n) is 3.66. The van der Waals surface area contributed by atoms with Gasteiger partial charge in [0.15, 0.2) is 0 Å². The van der Waals surface area contributed by atoms with Crippen molar-refractivity contribution in [3.05, 3.63) is 23.9 Å². The molecule has 2 fully saturated rings. The standard InChI is InChI=1S/C19H29N3O2/c1-19(2,3)24-18(23)22-14-5-4-10-16(22)15-9-8-11-20-17(15)21-12-6-7-13-21/h8-9,11,16H,4-7,10,12-14H2,1-3H3. The number of carbonyl (C=O) groups excluding carboxylic acids is 1. The first-order chi connectivity index (χ1) is 11.5. The Morgan fingerprint density at radius 1 is 1.17 bits per heavy atom. The van der Waals surface area contributed by atoms with Crippen molar-refractivity contribution >= 4 is 11.9 Å². The monoisotopic (exact) mass is 331 g/mol. The number of nitrogens with zero attached hydrogens (tertiary/aromatic N) is 3. The van der Waals surface area contributed by atoms with Gasteiger partial charge >= 0.3 is 6.09 Å². The molecule has 5 nitrogen and oxygen atoms in total. The van der Waals surface area contributed by atoms with E-state index in [4.69, 9.17) is 4.74 Å². The minimum absolute atomic E-state index is 0.0675. The number of hydrogen-bond acceptors (Lipinski definition) is 4. The van der Waals surface area contributed by atoms with E-state index in [2.05, 4.69) is 16.0 Å². The number of ether oxygens (including phenoxy) is 1. The van der Waals surface area contributed by atoms with Crippen LogP contribution >= 0.6 is 0 Å². The number of hydrogen-bond donors (Lipinski definition) is 0. The molecule has 0 spiro atoms. The van der Waals surface area contributed by atoms with Crippen molar-refractivity contribution in [1.29, 1.82) is 0 Å². The van der Waals surface area contributed by atoms with Crippen molar-refractivity contribution in [2.75, 3.05) is 24.5 Å². The van der Waals surface area contributed by atoms with Gasteiger partial charge in [-0.25, -0.2) is 9.78 Å². The lowest BCUT2D eigenvalue weighted by atomic mass is 9.95. The second-order valence-corrected chi connectivity index (χ2v) is 7.80. The fraction of sp³-hybridized carbons (Fsp3) is 0.684. The van der Waals surface area contributed by atoms with Crippen LogP contribution in [0.5, 0.6) is 0 Å². The van der Waals surface area contributed by atoms with Gasteiger partial charge in [0.05, 0.1) is 6.04 Å². The maximum atomic E-state index is 12.7. The number of carbonyl (C=O) groups is 1. The van der Waals surface area contributed by atoms with E-state index in [-0.39, 0.29) is 12.1 Å². The van der Waals surface area contributed by atoms with Crippen molar-refractivity contribution in [1.82, 2.24) is 9.88 Å². The van der Waals surface area contributed by atoms with E-state index >= 15 is 0 Å². The second-order valence-electron chi connectivity index (χ2n) is 7.80. The molecule has 1 amide bonds. The summed E-state index contributed by atoms with van der Waals surface area (Å²) in [5, 5.41) is 0. The first-order valence-corrected chi connectivity index (χ1v) is 9.15. The van der Waals surface area contributed by atoms with Crippen LogP contribution in [0.15, 0.2) is 18.3 Å². The summed E-state index contributed by atoms with van der Waals surface area (Å²) in [5.41, 5.74) is 0.705. The number of piperidine rings is 1. The van der Waals surface area contributed by atoms with Crippen LogP contribution in [-0.2, 0) is 4.74 Å². The van der Waals surface area contributed by atoms with Crippen LogP contribution < -0.4 is 4.90 Å². The Kier molecular flexibility index (Phi) is 4.97. The lowest BCUT2D eigenvalue weighted by molar-refractivity contribution is 0.00954. The molecule has 0 aliphatic carbocycles. The molecule has 2 saturated heterocycles. The minimum atomic E-state index is -0.466. The number of rotatable bonds is 2. The van der Waals surface area contributed by atoms with Crippen molar-refractivity contribution in [2.45, 2.75) is 64.5 Å². The number of amides is 1. The summed E-state index contributed by atoms with van der Waals surface area (Å²) in [6.07, 6.45) is 7.24. The zero-order chi connectivity index (χ0) is 17.2. The average Bonchev–Trinajstić information content (AvgIpc) is 3.07. The topological polar surface area (TPSA) is 45.7 Å². The van der Waals surface area contributed by atoms with Gasteiger partial charge in [0, 0.05) is 31.4 Å². The van der Waals surface area contributed by atoms with Crippen molar-refractivity contribution < 1.29 is 9.53 Å². The largest absolute Gasteiger partial charge is 0.444 e. The quantitative estimate of drug-likeness (QED) is 0.817. The van der Waals surface area contributed by atoms with Gasteiger partial charge in [-0.2, -0.15) is 0 Å². The Hall–Kier alpha value is -1.78. The van der Waals surface area contributed by atoms with Crippen molar-refractivity contribution in [3.8, 4) is 0 Å². The fourth-order valence-corrected chi connectivity index (χ4v) is 3.66. The molecular formula is C19H29N3O2. The number of aromatic nitrogens is 1. The molecule has 24 heavy (non-hydrogen) atoms. The zero-order valence-electron chi connectivity index (χ0n) is 15.1. The highest BCUT2D eigenvalue weighted by atomic mass is 16.6. The van der Waals surface area contributed by atoms with Gasteiger partial charge in [0.1, 0.15) is 11.4 Å². The van der Waals surface area contributed by atoms with Crippen molar-refractivity contribution in [3.63, 3.8) is 0 Å². The molecule has 1 atom stereocenters. The summed E-state index contributed by atoms with van der Waals surface area (Å²) in [5.74, 6) is 1.05. The Bertz CT molecular complexity index is 576. The van der Waals surface area contributed by atoms with E-state index in [1.54, 1.807) is 0 Å². The number of pyridine rings is 1. The molecule has 132 valence electrons. The molecule has 1 unspecified atom stereocenters. The van der Waals surface area contributed by atoms with E-state index in [0.29, 0.717) is 0 Å². The van der Waals surface area contributed by atoms with Crippen LogP contribution in [0, 0.1) is 0 Å². The lowest BCUT2D eigenvalue weighted by Gasteiger charge is -2.38. The molecular weight excluding hydrogens is 302 g/mol. The van der Waals surface area contributed by atoms with Gasteiger partial charge in [0.25, 0.3) is 0 Å². The van der Waals surface area contributed by atoms with Crippen LogP contribution in [-0.4, -0.2) is 41.2 Å². The minimum Gasteiger partial charge on any atom is -0.444 e. The molecule has 3 heterocycles. The van der Waals surface area contributed by atoms with Gasteiger partial charge < -0.3 is 14.5 Å². The van der Waals surface area contributed by atoms with Crippen LogP contribution in [0.4, 0.5) is 10.6 Å². The molecule has 2 aliphatic rings. The van der Waals surface area contributed by atoms with E-state index in [9.17, 15) is 4.79 Å². The van der Waals surface area contributed by atoms with Gasteiger partial charge in [-0.1, -0.05) is 6.07 Å². The van der Waals surface area contributed by atoms with Gasteiger partial charge in [-0.05, 0) is 58.9 Å². The van der Waals surface area contributed by atoms with Crippen LogP contribution in [0.3, 0.4) is 0 Å². The Labute approximate surface area is 145 Å². The van der Waals surface area contributed by atoms with Gasteiger partial charge in [-0.3, -0.25) is 0 Å². The summed E-state index contributed by atoms with van der Waals surface area (Å²) in [6, 6.07) is 4.18. The highest BCUT2D eigenvalue weighted by Crippen LogP contribution is 2.37. The summed E-state index contributed by atoms with van der Waals surface area (Å²) < 4.78 is 5.65. The van der Waals surface area contributed by atoms with Crippen LogP contribution in [0.2, 0.25) is 0 Å². The third-order valence-electron chi connectivity index (χ3n) is 4.71. The first-order valence-electron chi connectivity index (χ1n) is 9.15. The van der Waals surface area contributed by atoms with Crippen molar-refractivity contribution in [2.24, 2.45) is 0 Å². The summed E-state index contributed by atoms with van der Waals surface area (Å²) in [7, 11) is 0. The van der Waals surface area contributed by atoms with E-state index in [1.807, 2.05) is 37.9 Å². The van der Waals surface area contributed by atoms with E-state index in [1.165, 1.54) is 18.4 Å². The molecule has 0 radical (unpaired) electrons. The highest BCUT2D eigenvalue weighted by Gasteiger charge is 2.34. The Balaban J connectivity index is 1.87. The molecule has 0 bridgehead atoms. The normalized spacial score (nSPS) is 21.9. The molecule has 0 N–H and O–H groups in total. The molecule has 0 aromatic carbocycles. The van der Waals surface area contributed by atoms with E-state index in [0.717, 1.165) is 44.7 Å². The molecule has 2 aliphatic heterocycles. The summed E-state index contributed by atoms with van der Waals surface area (Å²) in [4.78, 5) is 21.6. The second kappa shape index (κ2) is 6.99. The van der Waals surface area contributed by atoms with E-state index < -0.39 is 5.60 Å². The highest BCUT2D eigenvalue weighted by molar-refractivity contribution is 5.69. The van der Waals surface area contributed by atoms with Crippen LogP contribution in [0.25, 0.3) is 0 Å². The SMILES string of the molecule is CC(C)(C)OC(=O)N1CCCCC1c1cccnc1N1CCCC1. The zero-order valence-corrected chi connectivity index (χ0v) is 15.1. The molecule has 5 heteroatoms. The Morgan fingerprint density at radius 3 is 2.58 bits per heavy atom. The third-order valence-corrected chi connectivity index (χ3v) is 4.71. The smallest absolute Gasteiger partial charge is 0.410 e. The summed E-state index contributed by atoms with van der Waals surface area (Å²) in [6.45, 7) is 8.64. The van der Waals surface area contributed by atoms with Gasteiger partial charge in [0.2, 0.25) is 0 Å². The predicted octanol–water partition coefficient (Wildman–Crippen LogP) is 4.14. The molecule has 0 saturated carbocycles. The molecule has 1 aromatic rings. The maximum Gasteiger partial charge on any atom is 0.410 e. The van der Waals surface area contributed by atoms with Gasteiger partial charge in [-0.15, -0.1) is 0 Å². The number of likely N-dealkylation sites (tertiary alicyclic amines) is 1. The number of anilines is 1. The predicted molar refractivity (Wildman–Crippen MR) is 95.2 cm³/mol. The molecule has 1 aromatic heterocycles. The average molecular weight is 331 g/mol. The van der Waals surface area contributed by atoms with Crippen LogP contribution in [0.1, 0.15) is 64.5 Å². The third kappa shape index (κ3) is 3.82. The first kappa shape index (κ1) is 17.1. The summed E-state index contributed by atoms with van der Waals surface area (Å²) >= 11 is 0. The maximum absolute atomic E-state index is 12.7.